The highest BCUT2D eigenvalue weighted by Gasteiger charge is 2.10. The number of carbonyl (C=O) groups excluding carboxylic acids is 1. The highest BCUT2D eigenvalue weighted by molar-refractivity contribution is 6.32. The minimum Gasteiger partial charge on any atom is -0.457 e. The maximum Gasteiger partial charge on any atom is 0.379 e. The van der Waals surface area contributed by atoms with Crippen LogP contribution in [-0.4, -0.2) is 22.2 Å². The summed E-state index contributed by atoms with van der Waals surface area (Å²) in [5.74, 6) is 0.263. The summed E-state index contributed by atoms with van der Waals surface area (Å²) in [5.41, 5.74) is 9.38. The number of hydrogen-bond donors (Lipinski definition) is 2. The van der Waals surface area contributed by atoms with Gasteiger partial charge < -0.3 is 14.9 Å². The molecule has 0 bridgehead atoms. The molecule has 2 aromatic heterocycles. The van der Waals surface area contributed by atoms with Crippen molar-refractivity contribution in [3.63, 3.8) is 0 Å². The molecule has 8 nitrogen and oxygen atoms in total. The molecule has 0 radical (unpaired) electrons. The molecule has 1 aromatic carbocycles. The summed E-state index contributed by atoms with van der Waals surface area (Å²) >= 11 is 5.79. The number of carbonyl (C=O) groups is 1. The lowest BCUT2D eigenvalue weighted by Crippen LogP contribution is -2.07. The Labute approximate surface area is 147 Å². The summed E-state index contributed by atoms with van der Waals surface area (Å²) in [5, 5.41) is 4.17. The second-order valence-corrected chi connectivity index (χ2v) is 5.09. The molecule has 3 N–H and O–H groups in total. The number of ether oxygens (including phenoxy) is 1. The second-order valence-electron chi connectivity index (χ2n) is 4.73. The van der Waals surface area contributed by atoms with Crippen molar-refractivity contribution in [2.45, 2.75) is 0 Å². The second kappa shape index (κ2) is 7.45. The Morgan fingerprint density at radius 2 is 2.08 bits per heavy atom. The monoisotopic (exact) mass is 357 g/mol. The summed E-state index contributed by atoms with van der Waals surface area (Å²) in [7, 11) is 0. The van der Waals surface area contributed by atoms with Gasteiger partial charge in [0, 0.05) is 0 Å². The van der Waals surface area contributed by atoms with Crippen LogP contribution in [0.2, 0.25) is 5.15 Å². The molecule has 0 aliphatic rings. The molecular weight excluding hydrogens is 346 g/mol. The fraction of sp³-hybridized carbons (Fsp3) is 0. The molecule has 25 heavy (non-hydrogen) atoms. The van der Waals surface area contributed by atoms with Gasteiger partial charge in [0.2, 0.25) is 5.76 Å². The molecule has 0 atom stereocenters. The molecule has 9 heteroatoms. The summed E-state index contributed by atoms with van der Waals surface area (Å²) < 4.78 is 10.1. The number of furan rings is 1. The standard InChI is InChI=1S/C16H12ClN5O3/c17-14-13(18)15(20-9-19-14)22-21-8-10-3-5-11(6-4-10)25-16(23)12-2-1-7-24-12/h1-9H,18H2,(H,19,20,22)/b21-8+. The number of esters is 1. The van der Waals surface area contributed by atoms with Crippen LogP contribution in [0.3, 0.4) is 0 Å². The Morgan fingerprint density at radius 1 is 1.28 bits per heavy atom. The van der Waals surface area contributed by atoms with Crippen LogP contribution >= 0.6 is 11.6 Å². The maximum absolute atomic E-state index is 11.8. The Hall–Kier alpha value is -3.39. The number of nitrogens with two attached hydrogens (primary N) is 1. The van der Waals surface area contributed by atoms with E-state index in [0.717, 1.165) is 5.56 Å². The minimum atomic E-state index is -0.566. The van der Waals surface area contributed by atoms with Gasteiger partial charge in [-0.1, -0.05) is 11.6 Å². The summed E-state index contributed by atoms with van der Waals surface area (Å²) in [6, 6.07) is 9.87. The van der Waals surface area contributed by atoms with Crippen molar-refractivity contribution >= 4 is 35.3 Å². The van der Waals surface area contributed by atoms with Crippen LogP contribution < -0.4 is 15.9 Å². The molecule has 2 heterocycles. The van der Waals surface area contributed by atoms with Gasteiger partial charge in [-0.3, -0.25) is 5.43 Å². The topological polar surface area (TPSA) is 116 Å². The van der Waals surface area contributed by atoms with Crippen LogP contribution in [0.1, 0.15) is 16.1 Å². The number of hydrazone groups is 1. The van der Waals surface area contributed by atoms with Crippen molar-refractivity contribution in [2.24, 2.45) is 5.10 Å². The average molecular weight is 358 g/mol. The fourth-order valence-electron chi connectivity index (χ4n) is 1.81. The first-order valence-electron chi connectivity index (χ1n) is 7.04. The van der Waals surface area contributed by atoms with Gasteiger partial charge >= 0.3 is 5.97 Å². The highest BCUT2D eigenvalue weighted by Crippen LogP contribution is 2.21. The van der Waals surface area contributed by atoms with Crippen LogP contribution in [0, 0.1) is 0 Å². The number of benzene rings is 1. The first-order valence-corrected chi connectivity index (χ1v) is 7.42. The van der Waals surface area contributed by atoms with Gasteiger partial charge in [-0.25, -0.2) is 14.8 Å². The SMILES string of the molecule is Nc1c(Cl)ncnc1N/N=C/c1ccc(OC(=O)c2ccco2)cc1. The van der Waals surface area contributed by atoms with E-state index in [1.54, 1.807) is 36.5 Å². The molecule has 0 aliphatic carbocycles. The largest absolute Gasteiger partial charge is 0.457 e. The number of nitrogen functional groups attached to an aromatic ring is 1. The van der Waals surface area contributed by atoms with Crippen LogP contribution in [0.15, 0.2) is 58.5 Å². The van der Waals surface area contributed by atoms with Gasteiger partial charge in [0.05, 0.1) is 12.5 Å². The molecule has 0 saturated carbocycles. The highest BCUT2D eigenvalue weighted by atomic mass is 35.5. The first-order chi connectivity index (χ1) is 12.1. The first kappa shape index (κ1) is 16.5. The summed E-state index contributed by atoms with van der Waals surface area (Å²) in [6.45, 7) is 0. The molecule has 126 valence electrons. The lowest BCUT2D eigenvalue weighted by Gasteiger charge is -2.04. The lowest BCUT2D eigenvalue weighted by molar-refractivity contribution is 0.0701. The van der Waals surface area contributed by atoms with Crippen LogP contribution in [-0.2, 0) is 0 Å². The van der Waals surface area contributed by atoms with Crippen molar-refractivity contribution in [1.29, 1.82) is 0 Å². The van der Waals surface area contributed by atoms with Crippen LogP contribution in [0.4, 0.5) is 11.5 Å². The van der Waals surface area contributed by atoms with Crippen molar-refractivity contribution < 1.29 is 13.9 Å². The van der Waals surface area contributed by atoms with E-state index in [0.29, 0.717) is 11.6 Å². The quantitative estimate of drug-likeness (QED) is 0.237. The molecule has 3 rings (SSSR count). The molecule has 0 fully saturated rings. The van der Waals surface area contributed by atoms with E-state index in [-0.39, 0.29) is 16.6 Å². The number of anilines is 2. The number of aromatic nitrogens is 2. The van der Waals surface area contributed by atoms with Crippen molar-refractivity contribution in [3.05, 3.63) is 65.5 Å². The zero-order chi connectivity index (χ0) is 17.6. The van der Waals surface area contributed by atoms with E-state index in [4.69, 9.17) is 26.5 Å². The van der Waals surface area contributed by atoms with Crippen molar-refractivity contribution in [3.8, 4) is 5.75 Å². The van der Waals surface area contributed by atoms with Gasteiger partial charge in [-0.05, 0) is 42.0 Å². The van der Waals surface area contributed by atoms with E-state index < -0.39 is 5.97 Å². The van der Waals surface area contributed by atoms with Gasteiger partial charge in [0.25, 0.3) is 0 Å². The van der Waals surface area contributed by atoms with Crippen molar-refractivity contribution in [1.82, 2.24) is 9.97 Å². The van der Waals surface area contributed by atoms with E-state index >= 15 is 0 Å². The third-order valence-electron chi connectivity index (χ3n) is 3.03. The molecule has 0 spiro atoms. The molecule has 0 unspecified atom stereocenters. The van der Waals surface area contributed by atoms with Crippen LogP contribution in [0.5, 0.6) is 5.75 Å². The van der Waals surface area contributed by atoms with Gasteiger partial charge in [0.1, 0.15) is 17.8 Å². The van der Waals surface area contributed by atoms with Crippen molar-refractivity contribution in [2.75, 3.05) is 11.2 Å². The number of nitrogens with one attached hydrogen (secondary N) is 1. The summed E-state index contributed by atoms with van der Waals surface area (Å²) in [6.07, 6.45) is 4.23. The Balaban J connectivity index is 1.60. The summed E-state index contributed by atoms with van der Waals surface area (Å²) in [4.78, 5) is 19.4. The maximum atomic E-state index is 11.8. The predicted molar refractivity (Wildman–Crippen MR) is 92.8 cm³/mol. The minimum absolute atomic E-state index is 0.135. The Morgan fingerprint density at radius 3 is 2.80 bits per heavy atom. The normalized spacial score (nSPS) is 10.8. The lowest BCUT2D eigenvalue weighted by atomic mass is 10.2. The zero-order valence-electron chi connectivity index (χ0n) is 12.7. The average Bonchev–Trinajstić information content (AvgIpc) is 3.15. The fourth-order valence-corrected chi connectivity index (χ4v) is 1.94. The molecular formula is C16H12ClN5O3. The Bertz CT molecular complexity index is 895. The Kier molecular flexibility index (Phi) is 4.91. The zero-order valence-corrected chi connectivity index (χ0v) is 13.5. The smallest absolute Gasteiger partial charge is 0.379 e. The molecule has 0 saturated heterocycles. The third-order valence-corrected chi connectivity index (χ3v) is 3.33. The number of hydrogen-bond acceptors (Lipinski definition) is 8. The number of nitrogens with zero attached hydrogens (tertiary/aromatic N) is 3. The van der Waals surface area contributed by atoms with Gasteiger partial charge in [-0.15, -0.1) is 0 Å². The van der Waals surface area contributed by atoms with Gasteiger partial charge in [0.15, 0.2) is 11.0 Å². The number of halogens is 1. The van der Waals surface area contributed by atoms with Crippen LogP contribution in [0.25, 0.3) is 0 Å². The molecule has 0 aliphatic heterocycles. The van der Waals surface area contributed by atoms with E-state index in [1.165, 1.54) is 18.7 Å². The van der Waals surface area contributed by atoms with E-state index in [9.17, 15) is 4.79 Å². The van der Waals surface area contributed by atoms with E-state index in [1.807, 2.05) is 0 Å². The number of rotatable bonds is 5. The van der Waals surface area contributed by atoms with Gasteiger partial charge in [-0.2, -0.15) is 5.10 Å². The van der Waals surface area contributed by atoms with E-state index in [2.05, 4.69) is 20.5 Å². The third kappa shape index (κ3) is 4.12. The molecule has 3 aromatic rings. The predicted octanol–water partition coefficient (Wildman–Crippen LogP) is 2.97. The molecule has 0 amide bonds.